The third-order valence-electron chi connectivity index (χ3n) is 4.30. The van der Waals surface area contributed by atoms with Crippen LogP contribution in [0.25, 0.3) is 0 Å². The summed E-state index contributed by atoms with van der Waals surface area (Å²) in [5.41, 5.74) is 1.23. The van der Waals surface area contributed by atoms with Crippen molar-refractivity contribution in [1.82, 2.24) is 5.32 Å². The van der Waals surface area contributed by atoms with Crippen LogP contribution in [0.3, 0.4) is 0 Å². The van der Waals surface area contributed by atoms with Gasteiger partial charge in [-0.1, -0.05) is 25.1 Å². The third kappa shape index (κ3) is 3.71. The minimum atomic E-state index is -0.564. The van der Waals surface area contributed by atoms with Crippen LogP contribution < -0.4 is 5.32 Å². The van der Waals surface area contributed by atoms with Gasteiger partial charge < -0.3 is 15.5 Å². The molecule has 106 valence electrons. The Kier molecular flexibility index (Phi) is 4.48. The number of benzene rings is 1. The van der Waals surface area contributed by atoms with E-state index in [2.05, 4.69) is 12.2 Å². The number of aromatic hydroxyl groups is 1. The Bertz CT molecular complexity index is 423. The summed E-state index contributed by atoms with van der Waals surface area (Å²) in [6.45, 7) is 5.35. The minimum Gasteiger partial charge on any atom is -0.507 e. The first-order valence-electron chi connectivity index (χ1n) is 7.21. The Morgan fingerprint density at radius 2 is 2.00 bits per heavy atom. The summed E-state index contributed by atoms with van der Waals surface area (Å²) >= 11 is 0. The SMILES string of the molecule is Cc1cccc(CNCC2(O)CCC(C)CC2)c1O. The molecule has 0 unspecified atom stereocenters. The Hall–Kier alpha value is -1.06. The highest BCUT2D eigenvalue weighted by Crippen LogP contribution is 2.31. The predicted octanol–water partition coefficient (Wildman–Crippen LogP) is 2.73. The smallest absolute Gasteiger partial charge is 0.122 e. The zero-order chi connectivity index (χ0) is 13.9. The van der Waals surface area contributed by atoms with Crippen LogP contribution in [0.4, 0.5) is 0 Å². The number of aliphatic hydroxyl groups is 1. The van der Waals surface area contributed by atoms with Gasteiger partial charge in [0.1, 0.15) is 5.75 Å². The quantitative estimate of drug-likeness (QED) is 0.783. The summed E-state index contributed by atoms with van der Waals surface area (Å²) in [6, 6.07) is 5.76. The van der Waals surface area contributed by atoms with Gasteiger partial charge in [-0.2, -0.15) is 0 Å². The highest BCUT2D eigenvalue weighted by atomic mass is 16.3. The molecule has 0 amide bonds. The molecule has 19 heavy (non-hydrogen) atoms. The van der Waals surface area contributed by atoms with Gasteiger partial charge in [0.05, 0.1) is 5.60 Å². The van der Waals surface area contributed by atoms with E-state index in [1.54, 1.807) is 0 Å². The van der Waals surface area contributed by atoms with E-state index in [0.29, 0.717) is 18.8 Å². The van der Waals surface area contributed by atoms with Gasteiger partial charge in [-0.15, -0.1) is 0 Å². The molecule has 0 spiro atoms. The molecule has 1 aromatic rings. The lowest BCUT2D eigenvalue weighted by atomic mass is 9.79. The summed E-state index contributed by atoms with van der Waals surface area (Å²) in [5.74, 6) is 1.10. The molecule has 2 rings (SSSR count). The number of para-hydroxylation sites is 1. The molecule has 0 atom stereocenters. The van der Waals surface area contributed by atoms with Crippen molar-refractivity contribution in [3.63, 3.8) is 0 Å². The highest BCUT2D eigenvalue weighted by Gasteiger charge is 2.31. The maximum Gasteiger partial charge on any atom is 0.122 e. The summed E-state index contributed by atoms with van der Waals surface area (Å²) in [6.07, 6.45) is 3.96. The molecule has 1 fully saturated rings. The number of hydrogen-bond donors (Lipinski definition) is 3. The first-order valence-corrected chi connectivity index (χ1v) is 7.21. The van der Waals surface area contributed by atoms with Crippen LogP contribution in [-0.2, 0) is 6.54 Å². The van der Waals surface area contributed by atoms with Gasteiger partial charge in [0.25, 0.3) is 0 Å². The topological polar surface area (TPSA) is 52.5 Å². The van der Waals surface area contributed by atoms with Crippen molar-refractivity contribution in [3.8, 4) is 5.75 Å². The Balaban J connectivity index is 1.85. The van der Waals surface area contributed by atoms with Crippen LogP contribution in [0.1, 0.15) is 43.7 Å². The Morgan fingerprint density at radius 3 is 2.68 bits per heavy atom. The van der Waals surface area contributed by atoms with Crippen molar-refractivity contribution in [1.29, 1.82) is 0 Å². The zero-order valence-corrected chi connectivity index (χ0v) is 11.9. The summed E-state index contributed by atoms with van der Waals surface area (Å²) in [7, 11) is 0. The van der Waals surface area contributed by atoms with Gasteiger partial charge in [-0.05, 0) is 44.1 Å². The second-order valence-corrected chi connectivity index (χ2v) is 6.09. The van der Waals surface area contributed by atoms with Crippen molar-refractivity contribution in [2.75, 3.05) is 6.54 Å². The average Bonchev–Trinajstić information content (AvgIpc) is 2.39. The number of hydrogen-bond acceptors (Lipinski definition) is 3. The Labute approximate surface area is 115 Å². The second-order valence-electron chi connectivity index (χ2n) is 6.09. The maximum atomic E-state index is 10.5. The van der Waals surface area contributed by atoms with Gasteiger partial charge in [-0.25, -0.2) is 0 Å². The molecule has 3 heteroatoms. The summed E-state index contributed by atoms with van der Waals surface area (Å²) < 4.78 is 0. The van der Waals surface area contributed by atoms with Crippen molar-refractivity contribution in [3.05, 3.63) is 29.3 Å². The molecule has 0 radical (unpaired) electrons. The normalized spacial score (nSPS) is 27.4. The first-order chi connectivity index (χ1) is 9.00. The monoisotopic (exact) mass is 263 g/mol. The molecule has 1 aliphatic rings. The molecule has 0 aromatic heterocycles. The fraction of sp³-hybridized carbons (Fsp3) is 0.625. The maximum absolute atomic E-state index is 10.5. The van der Waals surface area contributed by atoms with E-state index in [0.717, 1.165) is 42.7 Å². The number of rotatable bonds is 4. The molecule has 0 aliphatic heterocycles. The number of aryl methyl sites for hydroxylation is 1. The summed E-state index contributed by atoms with van der Waals surface area (Å²) in [4.78, 5) is 0. The molecule has 0 saturated heterocycles. The summed E-state index contributed by atoms with van der Waals surface area (Å²) in [5, 5.41) is 23.7. The predicted molar refractivity (Wildman–Crippen MR) is 77.1 cm³/mol. The van der Waals surface area contributed by atoms with Crippen LogP contribution in [0, 0.1) is 12.8 Å². The molecular weight excluding hydrogens is 238 g/mol. The molecule has 3 nitrogen and oxygen atoms in total. The highest BCUT2D eigenvalue weighted by molar-refractivity contribution is 5.39. The number of nitrogens with one attached hydrogen (secondary N) is 1. The van der Waals surface area contributed by atoms with E-state index in [-0.39, 0.29) is 0 Å². The lowest BCUT2D eigenvalue weighted by molar-refractivity contribution is -0.00633. The molecule has 0 heterocycles. The fourth-order valence-corrected chi connectivity index (χ4v) is 2.77. The lowest BCUT2D eigenvalue weighted by Gasteiger charge is -2.35. The van der Waals surface area contributed by atoms with E-state index < -0.39 is 5.60 Å². The molecule has 3 N–H and O–H groups in total. The van der Waals surface area contributed by atoms with Crippen molar-refractivity contribution >= 4 is 0 Å². The lowest BCUT2D eigenvalue weighted by Crippen LogP contribution is -2.43. The first kappa shape index (κ1) is 14.4. The van der Waals surface area contributed by atoms with E-state index in [4.69, 9.17) is 0 Å². The van der Waals surface area contributed by atoms with E-state index in [1.807, 2.05) is 25.1 Å². The van der Waals surface area contributed by atoms with Crippen LogP contribution >= 0.6 is 0 Å². The second kappa shape index (κ2) is 5.93. The van der Waals surface area contributed by atoms with Crippen molar-refractivity contribution < 1.29 is 10.2 Å². The van der Waals surface area contributed by atoms with Gasteiger partial charge >= 0.3 is 0 Å². The van der Waals surface area contributed by atoms with E-state index in [9.17, 15) is 10.2 Å². The number of phenols is 1. The van der Waals surface area contributed by atoms with Crippen LogP contribution in [0.15, 0.2) is 18.2 Å². The molecule has 0 bridgehead atoms. The minimum absolute atomic E-state index is 0.360. The fourth-order valence-electron chi connectivity index (χ4n) is 2.77. The molecule has 1 aromatic carbocycles. The van der Waals surface area contributed by atoms with Crippen molar-refractivity contribution in [2.24, 2.45) is 5.92 Å². The van der Waals surface area contributed by atoms with Gasteiger partial charge in [0, 0.05) is 18.7 Å². The van der Waals surface area contributed by atoms with E-state index in [1.165, 1.54) is 0 Å². The van der Waals surface area contributed by atoms with Crippen molar-refractivity contribution in [2.45, 2.75) is 51.7 Å². The van der Waals surface area contributed by atoms with E-state index >= 15 is 0 Å². The number of phenolic OH excluding ortho intramolecular Hbond substituents is 1. The average molecular weight is 263 g/mol. The van der Waals surface area contributed by atoms with Gasteiger partial charge in [-0.3, -0.25) is 0 Å². The molecule has 1 aliphatic carbocycles. The molecular formula is C16H25NO2. The van der Waals surface area contributed by atoms with Gasteiger partial charge in [0.2, 0.25) is 0 Å². The largest absolute Gasteiger partial charge is 0.507 e. The molecule has 1 saturated carbocycles. The van der Waals surface area contributed by atoms with Crippen LogP contribution in [-0.4, -0.2) is 22.4 Å². The third-order valence-corrected chi connectivity index (χ3v) is 4.30. The standard InChI is InChI=1S/C16H25NO2/c1-12-6-8-16(19,9-7-12)11-17-10-14-5-3-4-13(2)15(14)18/h3-5,12,17-19H,6-11H2,1-2H3. The Morgan fingerprint density at radius 1 is 1.32 bits per heavy atom. The van der Waals surface area contributed by atoms with Crippen LogP contribution in [0.2, 0.25) is 0 Å². The van der Waals surface area contributed by atoms with Gasteiger partial charge in [0.15, 0.2) is 0 Å². The zero-order valence-electron chi connectivity index (χ0n) is 11.9. The van der Waals surface area contributed by atoms with Crippen LogP contribution in [0.5, 0.6) is 5.75 Å².